The van der Waals surface area contributed by atoms with Gasteiger partial charge in [-0.3, -0.25) is 9.48 Å². The van der Waals surface area contributed by atoms with Gasteiger partial charge in [0.25, 0.3) is 15.9 Å². The smallest absolute Gasteiger partial charge is 0.263 e. The number of piperazine rings is 2. The second kappa shape index (κ2) is 10.8. The summed E-state index contributed by atoms with van der Waals surface area (Å²) in [5, 5.41) is 4.24. The lowest BCUT2D eigenvalue weighted by molar-refractivity contribution is 0.0742. The number of aromatic nitrogens is 2. The summed E-state index contributed by atoms with van der Waals surface area (Å²) in [6.45, 7) is 10.9. The first kappa shape index (κ1) is 26.2. The van der Waals surface area contributed by atoms with Crippen molar-refractivity contribution in [1.29, 1.82) is 0 Å². The van der Waals surface area contributed by atoms with Gasteiger partial charge in [0, 0.05) is 76.5 Å². The molecule has 1 amide bonds. The average Bonchev–Trinajstić information content (AvgIpc) is 3.40. The lowest BCUT2D eigenvalue weighted by Crippen LogP contribution is -2.50. The molecule has 0 N–H and O–H groups in total. The van der Waals surface area contributed by atoms with Gasteiger partial charge in [0.05, 0.1) is 5.56 Å². The maximum Gasteiger partial charge on any atom is 0.263 e. The minimum atomic E-state index is -3.93. The number of sulfonamides is 1. The number of amides is 1. The predicted octanol–water partition coefficient (Wildman–Crippen LogP) is 2.99. The third kappa shape index (κ3) is 5.02. The molecule has 38 heavy (non-hydrogen) atoms. The zero-order valence-electron chi connectivity index (χ0n) is 22.4. The molecule has 3 aromatic rings. The summed E-state index contributed by atoms with van der Waals surface area (Å²) < 4.78 is 30.6. The first-order chi connectivity index (χ1) is 18.3. The molecule has 0 spiro atoms. The van der Waals surface area contributed by atoms with Crippen molar-refractivity contribution in [1.82, 2.24) is 19.0 Å². The van der Waals surface area contributed by atoms with Crippen LogP contribution in [0.3, 0.4) is 0 Å². The van der Waals surface area contributed by atoms with Crippen LogP contribution in [-0.2, 0) is 16.6 Å². The predicted molar refractivity (Wildman–Crippen MR) is 149 cm³/mol. The summed E-state index contributed by atoms with van der Waals surface area (Å²) in [4.78, 5) is 19.8. The lowest BCUT2D eigenvalue weighted by Gasteiger charge is -2.37. The zero-order valence-corrected chi connectivity index (χ0v) is 23.2. The number of anilines is 2. The largest absolute Gasteiger partial charge is 0.369 e. The van der Waals surface area contributed by atoms with Gasteiger partial charge in [0.1, 0.15) is 0 Å². The summed E-state index contributed by atoms with van der Waals surface area (Å²) in [6.07, 6.45) is 1.59. The minimum Gasteiger partial charge on any atom is -0.369 e. The number of carbonyl (C=O) groups excluding carboxylic acids is 1. The molecule has 2 saturated heterocycles. The third-order valence-corrected chi connectivity index (χ3v) is 9.55. The van der Waals surface area contributed by atoms with Crippen LogP contribution in [0.1, 0.15) is 28.4 Å². The number of hydrogen-bond acceptors (Lipinski definition) is 6. The molecule has 2 fully saturated rings. The van der Waals surface area contributed by atoms with Crippen molar-refractivity contribution in [3.63, 3.8) is 0 Å². The number of rotatable bonds is 6. The highest BCUT2D eigenvalue weighted by molar-refractivity contribution is 7.89. The van der Waals surface area contributed by atoms with E-state index < -0.39 is 10.0 Å². The van der Waals surface area contributed by atoms with Gasteiger partial charge in [-0.05, 0) is 50.1 Å². The highest BCUT2D eigenvalue weighted by Crippen LogP contribution is 2.27. The van der Waals surface area contributed by atoms with E-state index in [-0.39, 0.29) is 16.5 Å². The highest BCUT2D eigenvalue weighted by atomic mass is 32.2. The molecule has 0 bridgehead atoms. The first-order valence-electron chi connectivity index (χ1n) is 13.3. The Balaban J connectivity index is 1.31. The van der Waals surface area contributed by atoms with Crippen LogP contribution in [0.25, 0.3) is 0 Å². The molecule has 0 radical (unpaired) electrons. The fraction of sp³-hybridized carbons (Fsp3) is 0.429. The van der Waals surface area contributed by atoms with Gasteiger partial charge in [-0.2, -0.15) is 9.40 Å². The number of carbonyl (C=O) groups is 1. The molecular weight excluding hydrogens is 500 g/mol. The molecule has 2 aliphatic heterocycles. The Morgan fingerprint density at radius 1 is 0.842 bits per heavy atom. The monoisotopic (exact) mass is 536 g/mol. The van der Waals surface area contributed by atoms with Crippen LogP contribution in [-0.4, -0.2) is 85.7 Å². The quantitative estimate of drug-likeness (QED) is 0.482. The van der Waals surface area contributed by atoms with Crippen molar-refractivity contribution in [3.8, 4) is 0 Å². The van der Waals surface area contributed by atoms with Crippen molar-refractivity contribution in [3.05, 3.63) is 71.4 Å². The van der Waals surface area contributed by atoms with Crippen LogP contribution >= 0.6 is 0 Å². The molecule has 2 aromatic carbocycles. The third-order valence-electron chi connectivity index (χ3n) is 7.71. The lowest BCUT2D eigenvalue weighted by atomic mass is 10.1. The van der Waals surface area contributed by atoms with E-state index in [1.54, 1.807) is 15.8 Å². The summed E-state index contributed by atoms with van der Waals surface area (Å²) >= 11 is 0. The average molecular weight is 537 g/mol. The SMILES string of the molecule is CCn1cc(C(=O)N2CCN(c3ccccc3)CC2)c(S(=O)(=O)N2CCN(c3cccc(C)c3C)CC2)n1. The fourth-order valence-corrected chi connectivity index (χ4v) is 6.76. The molecule has 0 atom stereocenters. The van der Waals surface area contributed by atoms with E-state index in [9.17, 15) is 13.2 Å². The first-order valence-corrected chi connectivity index (χ1v) is 14.7. The molecule has 0 saturated carbocycles. The molecular formula is C28H36N6O3S. The second-order valence-corrected chi connectivity index (χ2v) is 11.8. The Bertz CT molecular complexity index is 1390. The van der Waals surface area contributed by atoms with E-state index in [2.05, 4.69) is 53.0 Å². The molecule has 9 nitrogen and oxygen atoms in total. The Hall–Kier alpha value is -3.37. The Kier molecular flexibility index (Phi) is 7.45. The van der Waals surface area contributed by atoms with Crippen molar-refractivity contribution in [2.75, 3.05) is 62.2 Å². The number of nitrogens with zero attached hydrogens (tertiary/aromatic N) is 6. The molecule has 3 heterocycles. The molecule has 2 aliphatic rings. The number of aryl methyl sites for hydroxylation is 2. The van der Waals surface area contributed by atoms with E-state index in [0.717, 1.165) is 11.4 Å². The number of hydrogen-bond donors (Lipinski definition) is 0. The number of para-hydroxylation sites is 1. The summed E-state index contributed by atoms with van der Waals surface area (Å²) in [6, 6.07) is 16.3. The highest BCUT2D eigenvalue weighted by Gasteiger charge is 2.36. The van der Waals surface area contributed by atoms with Crippen LogP contribution in [0.5, 0.6) is 0 Å². The van der Waals surface area contributed by atoms with Crippen molar-refractivity contribution >= 4 is 27.3 Å². The van der Waals surface area contributed by atoms with Crippen LogP contribution in [0, 0.1) is 13.8 Å². The molecule has 0 aliphatic carbocycles. The van der Waals surface area contributed by atoms with E-state index in [1.807, 2.05) is 31.2 Å². The summed E-state index contributed by atoms with van der Waals surface area (Å²) in [5.41, 5.74) is 4.86. The number of benzene rings is 2. The van der Waals surface area contributed by atoms with Crippen LogP contribution in [0.15, 0.2) is 59.8 Å². The van der Waals surface area contributed by atoms with Gasteiger partial charge < -0.3 is 14.7 Å². The van der Waals surface area contributed by atoms with Crippen LogP contribution in [0.4, 0.5) is 11.4 Å². The molecule has 1 aromatic heterocycles. The van der Waals surface area contributed by atoms with Gasteiger partial charge in [-0.15, -0.1) is 0 Å². The Labute approximate surface area is 225 Å². The van der Waals surface area contributed by atoms with E-state index in [0.29, 0.717) is 58.9 Å². The van der Waals surface area contributed by atoms with Crippen LogP contribution < -0.4 is 9.80 Å². The molecule has 0 unspecified atom stereocenters. The Morgan fingerprint density at radius 3 is 2.16 bits per heavy atom. The van der Waals surface area contributed by atoms with Gasteiger partial charge >= 0.3 is 0 Å². The van der Waals surface area contributed by atoms with E-state index in [4.69, 9.17) is 0 Å². The fourth-order valence-electron chi connectivity index (χ4n) is 5.25. The second-order valence-electron chi connectivity index (χ2n) is 9.93. The maximum absolute atomic E-state index is 13.8. The zero-order chi connectivity index (χ0) is 26.9. The minimum absolute atomic E-state index is 0.130. The van der Waals surface area contributed by atoms with Crippen molar-refractivity contribution < 1.29 is 13.2 Å². The topological polar surface area (TPSA) is 82.0 Å². The Morgan fingerprint density at radius 2 is 1.50 bits per heavy atom. The normalized spacial score (nSPS) is 17.2. The summed E-state index contributed by atoms with van der Waals surface area (Å²) in [7, 11) is -3.93. The van der Waals surface area contributed by atoms with Crippen LogP contribution in [0.2, 0.25) is 0 Å². The van der Waals surface area contributed by atoms with Gasteiger partial charge in [-0.25, -0.2) is 8.42 Å². The maximum atomic E-state index is 13.8. The van der Waals surface area contributed by atoms with Gasteiger partial charge in [-0.1, -0.05) is 30.3 Å². The van der Waals surface area contributed by atoms with Gasteiger partial charge in [0.2, 0.25) is 5.03 Å². The van der Waals surface area contributed by atoms with Crippen molar-refractivity contribution in [2.45, 2.75) is 32.3 Å². The molecule has 202 valence electrons. The molecule has 10 heteroatoms. The van der Waals surface area contributed by atoms with Gasteiger partial charge in [0.15, 0.2) is 0 Å². The van der Waals surface area contributed by atoms with E-state index in [1.165, 1.54) is 15.4 Å². The van der Waals surface area contributed by atoms with E-state index >= 15 is 0 Å². The standard InChI is InChI=1S/C28H36N6O3S/c1-4-33-21-25(28(35)32-15-13-30(14-16-32)24-10-6-5-7-11-24)27(29-33)38(36,37)34-19-17-31(18-20-34)26-12-8-9-22(2)23(26)3/h5-12,21H,4,13-20H2,1-3H3. The molecule has 5 rings (SSSR count). The van der Waals surface area contributed by atoms with Crippen molar-refractivity contribution in [2.24, 2.45) is 0 Å². The summed E-state index contributed by atoms with van der Waals surface area (Å²) in [5.74, 6) is -0.273.